The molecule has 4 rings (SSSR count). The predicted molar refractivity (Wildman–Crippen MR) is 95.3 cm³/mol. The molecule has 1 N–H and O–H groups in total. The normalized spacial score (nSPS) is 19.7. The van der Waals surface area contributed by atoms with Crippen LogP contribution in [0, 0.1) is 0 Å². The number of fused-ring (bicyclic) bond motifs is 1. The minimum atomic E-state index is -1.30. The van der Waals surface area contributed by atoms with Gasteiger partial charge in [0.25, 0.3) is 0 Å². The third-order valence-corrected chi connectivity index (χ3v) is 5.62. The first-order chi connectivity index (χ1) is 12.3. The lowest BCUT2D eigenvalue weighted by atomic mass is 10.2. The molecule has 0 spiro atoms. The molecule has 128 valence electrons. The van der Waals surface area contributed by atoms with Crippen molar-refractivity contribution in [2.45, 2.75) is 16.4 Å². The van der Waals surface area contributed by atoms with Gasteiger partial charge in [-0.05, 0) is 48.5 Å². The minimum Gasteiger partial charge on any atom is -0.497 e. The van der Waals surface area contributed by atoms with Crippen LogP contribution in [-0.4, -0.2) is 16.8 Å². The molecular formula is C19H17NO4S. The number of furan rings is 1. The summed E-state index contributed by atoms with van der Waals surface area (Å²) in [6.45, 7) is 0. The molecule has 5 nitrogen and oxygen atoms in total. The minimum absolute atomic E-state index is 0.392. The zero-order chi connectivity index (χ0) is 17.2. The molecule has 2 aromatic carbocycles. The Morgan fingerprint density at radius 2 is 1.88 bits per heavy atom. The van der Waals surface area contributed by atoms with Crippen molar-refractivity contribution in [1.29, 1.82) is 0 Å². The lowest BCUT2D eigenvalue weighted by Crippen LogP contribution is -2.30. The molecule has 1 aliphatic rings. The molecule has 0 aliphatic carbocycles. The van der Waals surface area contributed by atoms with Crippen molar-refractivity contribution in [3.63, 3.8) is 0 Å². The summed E-state index contributed by atoms with van der Waals surface area (Å²) in [5.41, 5.74) is 0.282. The molecule has 3 atom stereocenters. The number of hydrogen-bond acceptors (Lipinski definition) is 5. The summed E-state index contributed by atoms with van der Waals surface area (Å²) in [4.78, 5) is 0.709. The quantitative estimate of drug-likeness (QED) is 0.750. The van der Waals surface area contributed by atoms with Gasteiger partial charge >= 0.3 is 0 Å². The number of rotatable bonds is 5. The number of nitrogens with one attached hydrogen (secondary N) is 1. The van der Waals surface area contributed by atoms with Crippen LogP contribution in [0.2, 0.25) is 0 Å². The Morgan fingerprint density at radius 3 is 2.56 bits per heavy atom. The summed E-state index contributed by atoms with van der Waals surface area (Å²) < 4.78 is 29.6. The predicted octanol–water partition coefficient (Wildman–Crippen LogP) is 3.97. The monoisotopic (exact) mass is 355 g/mol. The molecule has 0 bridgehead atoms. The summed E-state index contributed by atoms with van der Waals surface area (Å²) in [5.74, 6) is 2.09. The molecule has 0 saturated carbocycles. The van der Waals surface area contributed by atoms with E-state index in [-0.39, 0.29) is 0 Å². The SMILES string of the molecule is COc1ccc(N[C@@H](c2ccco2)[C@H]2Oc3ccccc3[S@@]2=O)cc1. The maximum Gasteiger partial charge on any atom is 0.204 e. The first-order valence-electron chi connectivity index (χ1n) is 7.86. The zero-order valence-electron chi connectivity index (χ0n) is 13.5. The smallest absolute Gasteiger partial charge is 0.204 e. The van der Waals surface area contributed by atoms with E-state index in [4.69, 9.17) is 13.9 Å². The van der Waals surface area contributed by atoms with Gasteiger partial charge in [-0.25, -0.2) is 0 Å². The summed E-state index contributed by atoms with van der Waals surface area (Å²) in [5, 5.41) is 3.37. The molecule has 3 aromatic rings. The summed E-state index contributed by atoms with van der Waals surface area (Å²) in [7, 11) is 0.326. The van der Waals surface area contributed by atoms with Gasteiger partial charge in [-0.15, -0.1) is 0 Å². The molecular weight excluding hydrogens is 338 g/mol. The summed E-state index contributed by atoms with van der Waals surface area (Å²) in [6.07, 6.45) is 1.60. The average Bonchev–Trinajstić information content (AvgIpc) is 3.29. The van der Waals surface area contributed by atoms with E-state index in [0.717, 1.165) is 11.4 Å². The fourth-order valence-electron chi connectivity index (χ4n) is 2.81. The Balaban J connectivity index is 1.65. The highest BCUT2D eigenvalue weighted by molar-refractivity contribution is 7.86. The standard InChI is InChI=1S/C19H17NO4S/c1-22-14-10-8-13(9-11-14)20-18(16-6-4-12-23-16)19-24-15-5-2-3-7-17(15)25(19)21/h2-12,18-20H,1H3/t18-,19-,25-/m0/s1. The maximum absolute atomic E-state index is 12.9. The molecule has 0 saturated heterocycles. The molecule has 0 unspecified atom stereocenters. The highest BCUT2D eigenvalue weighted by Crippen LogP contribution is 2.39. The number of anilines is 1. The van der Waals surface area contributed by atoms with E-state index in [1.165, 1.54) is 0 Å². The first kappa shape index (κ1) is 15.8. The third-order valence-electron chi connectivity index (χ3n) is 4.05. The van der Waals surface area contributed by atoms with Crippen molar-refractivity contribution in [2.75, 3.05) is 12.4 Å². The van der Waals surface area contributed by atoms with Crippen LogP contribution in [-0.2, 0) is 10.8 Å². The van der Waals surface area contributed by atoms with Crippen LogP contribution in [0.5, 0.6) is 11.5 Å². The second-order valence-corrected chi connectivity index (χ2v) is 7.10. The van der Waals surface area contributed by atoms with E-state index in [9.17, 15) is 4.21 Å². The van der Waals surface area contributed by atoms with Crippen LogP contribution in [0.1, 0.15) is 11.8 Å². The molecule has 1 aliphatic heterocycles. The van der Waals surface area contributed by atoms with Crippen molar-refractivity contribution in [2.24, 2.45) is 0 Å². The second-order valence-electron chi connectivity index (χ2n) is 5.60. The van der Waals surface area contributed by atoms with E-state index >= 15 is 0 Å². The molecule has 2 heterocycles. The number of hydrogen-bond donors (Lipinski definition) is 1. The van der Waals surface area contributed by atoms with Gasteiger partial charge in [0, 0.05) is 5.69 Å². The van der Waals surface area contributed by atoms with E-state index in [1.807, 2.05) is 60.7 Å². The fraction of sp³-hybridized carbons (Fsp3) is 0.158. The van der Waals surface area contributed by atoms with E-state index in [0.29, 0.717) is 16.4 Å². The Kier molecular flexibility index (Phi) is 4.19. The van der Waals surface area contributed by atoms with Gasteiger partial charge in [0.2, 0.25) is 5.44 Å². The van der Waals surface area contributed by atoms with Crippen LogP contribution >= 0.6 is 0 Å². The number of para-hydroxylation sites is 1. The topological polar surface area (TPSA) is 60.7 Å². The molecule has 0 fully saturated rings. The highest BCUT2D eigenvalue weighted by atomic mass is 32.2. The van der Waals surface area contributed by atoms with Crippen LogP contribution in [0.4, 0.5) is 5.69 Å². The Labute approximate surface area is 148 Å². The van der Waals surface area contributed by atoms with Gasteiger partial charge in [0.05, 0.1) is 18.3 Å². The molecule has 1 aromatic heterocycles. The first-order valence-corrected chi connectivity index (χ1v) is 9.08. The van der Waals surface area contributed by atoms with E-state index < -0.39 is 22.3 Å². The summed E-state index contributed by atoms with van der Waals surface area (Å²) in [6, 6.07) is 18.2. The largest absolute Gasteiger partial charge is 0.497 e. The van der Waals surface area contributed by atoms with E-state index in [1.54, 1.807) is 13.4 Å². The van der Waals surface area contributed by atoms with Gasteiger partial charge in [0.1, 0.15) is 34.1 Å². The van der Waals surface area contributed by atoms with Gasteiger partial charge in [-0.2, -0.15) is 0 Å². The van der Waals surface area contributed by atoms with Crippen LogP contribution in [0.15, 0.2) is 76.2 Å². The van der Waals surface area contributed by atoms with Crippen LogP contribution in [0.3, 0.4) is 0 Å². The van der Waals surface area contributed by atoms with Gasteiger partial charge in [0.15, 0.2) is 0 Å². The second kappa shape index (κ2) is 6.64. The van der Waals surface area contributed by atoms with Crippen molar-refractivity contribution < 1.29 is 18.1 Å². The van der Waals surface area contributed by atoms with Gasteiger partial charge < -0.3 is 19.2 Å². The maximum atomic E-state index is 12.9. The van der Waals surface area contributed by atoms with Crippen LogP contribution in [0.25, 0.3) is 0 Å². The Bertz CT molecular complexity index is 877. The molecule has 0 amide bonds. The Hall–Kier alpha value is -2.73. The number of methoxy groups -OCH3 is 1. The molecule has 25 heavy (non-hydrogen) atoms. The lowest BCUT2D eigenvalue weighted by molar-refractivity contribution is 0.253. The number of benzene rings is 2. The van der Waals surface area contributed by atoms with Gasteiger partial charge in [-0.1, -0.05) is 12.1 Å². The summed E-state index contributed by atoms with van der Waals surface area (Å²) >= 11 is 0. The van der Waals surface area contributed by atoms with Crippen molar-refractivity contribution >= 4 is 16.5 Å². The van der Waals surface area contributed by atoms with Crippen molar-refractivity contribution in [3.8, 4) is 11.5 Å². The fourth-order valence-corrected chi connectivity index (χ4v) is 4.23. The zero-order valence-corrected chi connectivity index (χ0v) is 14.4. The Morgan fingerprint density at radius 1 is 1.08 bits per heavy atom. The lowest BCUT2D eigenvalue weighted by Gasteiger charge is -2.23. The van der Waals surface area contributed by atoms with Gasteiger partial charge in [-0.3, -0.25) is 4.21 Å². The van der Waals surface area contributed by atoms with Crippen molar-refractivity contribution in [1.82, 2.24) is 0 Å². The number of ether oxygens (including phenoxy) is 2. The molecule has 6 heteroatoms. The van der Waals surface area contributed by atoms with E-state index in [2.05, 4.69) is 5.32 Å². The van der Waals surface area contributed by atoms with Crippen molar-refractivity contribution in [3.05, 3.63) is 72.7 Å². The molecule has 0 radical (unpaired) electrons. The highest BCUT2D eigenvalue weighted by Gasteiger charge is 2.39. The third kappa shape index (κ3) is 3.00. The van der Waals surface area contributed by atoms with Crippen LogP contribution < -0.4 is 14.8 Å². The average molecular weight is 355 g/mol.